The van der Waals surface area contributed by atoms with Gasteiger partial charge in [0.25, 0.3) is 0 Å². The second kappa shape index (κ2) is 6.08. The Labute approximate surface area is 91.8 Å². The minimum absolute atomic E-state index is 0.127. The van der Waals surface area contributed by atoms with Crippen LogP contribution in [0.15, 0.2) is 0 Å². The molecule has 1 saturated heterocycles. The van der Waals surface area contributed by atoms with Gasteiger partial charge < -0.3 is 15.4 Å². The van der Waals surface area contributed by atoms with Gasteiger partial charge in [-0.15, -0.1) is 0 Å². The number of nitrogens with zero attached hydrogens (tertiary/aromatic N) is 1. The molecule has 0 amide bonds. The number of piperidine rings is 1. The number of nitrogens with two attached hydrogens (primary N) is 1. The summed E-state index contributed by atoms with van der Waals surface area (Å²) in [5, 5.41) is 0. The van der Waals surface area contributed by atoms with Gasteiger partial charge in [0.2, 0.25) is 0 Å². The molecule has 2 N–H and O–H groups in total. The van der Waals surface area contributed by atoms with Gasteiger partial charge in [0.05, 0.1) is 13.5 Å². The van der Waals surface area contributed by atoms with E-state index in [0.29, 0.717) is 18.3 Å². The predicted molar refractivity (Wildman–Crippen MR) is 59.4 cm³/mol. The van der Waals surface area contributed by atoms with E-state index >= 15 is 0 Å². The summed E-state index contributed by atoms with van der Waals surface area (Å²) in [5.74, 6) is 1.17. The number of carbonyl (C=O) groups is 1. The van der Waals surface area contributed by atoms with Crippen molar-refractivity contribution < 1.29 is 9.53 Å². The molecule has 0 aromatic heterocycles. The fourth-order valence-electron chi connectivity index (χ4n) is 2.09. The molecule has 0 saturated carbocycles. The SMILES string of the molecule is COC(=O)CCN1CCC(C)C(CN)C1. The third kappa shape index (κ3) is 3.80. The molecular formula is C11H22N2O2. The molecule has 4 nitrogen and oxygen atoms in total. The summed E-state index contributed by atoms with van der Waals surface area (Å²) < 4.78 is 4.63. The van der Waals surface area contributed by atoms with Gasteiger partial charge in [-0.05, 0) is 31.3 Å². The first-order chi connectivity index (χ1) is 7.17. The molecule has 0 aromatic rings. The van der Waals surface area contributed by atoms with Crippen molar-refractivity contribution >= 4 is 5.97 Å². The largest absolute Gasteiger partial charge is 0.469 e. The van der Waals surface area contributed by atoms with E-state index in [1.807, 2.05) is 0 Å². The summed E-state index contributed by atoms with van der Waals surface area (Å²) in [4.78, 5) is 13.3. The first kappa shape index (κ1) is 12.5. The molecule has 1 aliphatic heterocycles. The Morgan fingerprint density at radius 3 is 2.93 bits per heavy atom. The Bertz CT molecular complexity index is 209. The molecule has 88 valence electrons. The maximum atomic E-state index is 11.0. The Morgan fingerprint density at radius 2 is 2.33 bits per heavy atom. The quantitative estimate of drug-likeness (QED) is 0.691. The maximum absolute atomic E-state index is 11.0. The summed E-state index contributed by atoms with van der Waals surface area (Å²) >= 11 is 0. The molecule has 2 atom stereocenters. The molecule has 0 spiro atoms. The van der Waals surface area contributed by atoms with Crippen molar-refractivity contribution in [1.82, 2.24) is 4.90 Å². The summed E-state index contributed by atoms with van der Waals surface area (Å²) in [5.41, 5.74) is 5.72. The molecule has 1 heterocycles. The molecule has 15 heavy (non-hydrogen) atoms. The van der Waals surface area contributed by atoms with Crippen molar-refractivity contribution in [1.29, 1.82) is 0 Å². The molecule has 0 radical (unpaired) electrons. The third-order valence-electron chi connectivity index (χ3n) is 3.36. The lowest BCUT2D eigenvalue weighted by Gasteiger charge is -2.36. The summed E-state index contributed by atoms with van der Waals surface area (Å²) in [6, 6.07) is 0. The van der Waals surface area contributed by atoms with Gasteiger partial charge in [-0.25, -0.2) is 0 Å². The van der Waals surface area contributed by atoms with Crippen molar-refractivity contribution in [3.63, 3.8) is 0 Å². The van der Waals surface area contributed by atoms with E-state index in [1.165, 1.54) is 13.5 Å². The van der Waals surface area contributed by atoms with Crippen molar-refractivity contribution in [2.75, 3.05) is 33.3 Å². The fraction of sp³-hybridized carbons (Fsp3) is 0.909. The van der Waals surface area contributed by atoms with Gasteiger partial charge in [0.1, 0.15) is 0 Å². The number of rotatable bonds is 4. The molecule has 1 rings (SSSR count). The van der Waals surface area contributed by atoms with Crippen LogP contribution in [0.2, 0.25) is 0 Å². The monoisotopic (exact) mass is 214 g/mol. The topological polar surface area (TPSA) is 55.6 Å². The van der Waals surface area contributed by atoms with Crippen LogP contribution in [0.1, 0.15) is 19.8 Å². The molecular weight excluding hydrogens is 192 g/mol. The minimum atomic E-state index is -0.127. The number of esters is 1. The van der Waals surface area contributed by atoms with Gasteiger partial charge >= 0.3 is 5.97 Å². The van der Waals surface area contributed by atoms with Gasteiger partial charge in [-0.1, -0.05) is 6.92 Å². The van der Waals surface area contributed by atoms with Crippen LogP contribution in [0.5, 0.6) is 0 Å². The maximum Gasteiger partial charge on any atom is 0.306 e. The Kier molecular flexibility index (Phi) is 5.05. The normalized spacial score (nSPS) is 27.7. The van der Waals surface area contributed by atoms with E-state index in [2.05, 4.69) is 16.6 Å². The predicted octanol–water partition coefficient (Wildman–Crippen LogP) is 0.466. The van der Waals surface area contributed by atoms with Gasteiger partial charge in [0, 0.05) is 13.1 Å². The first-order valence-corrected chi connectivity index (χ1v) is 5.66. The first-order valence-electron chi connectivity index (χ1n) is 5.66. The smallest absolute Gasteiger partial charge is 0.306 e. The molecule has 0 aromatic carbocycles. The van der Waals surface area contributed by atoms with E-state index in [0.717, 1.165) is 26.2 Å². The zero-order valence-electron chi connectivity index (χ0n) is 9.74. The van der Waals surface area contributed by atoms with E-state index < -0.39 is 0 Å². The van der Waals surface area contributed by atoms with Crippen LogP contribution in [0.25, 0.3) is 0 Å². The number of methoxy groups -OCH3 is 1. The fourth-order valence-corrected chi connectivity index (χ4v) is 2.09. The lowest BCUT2D eigenvalue weighted by molar-refractivity contribution is -0.141. The number of hydrogen-bond donors (Lipinski definition) is 1. The molecule has 1 aliphatic rings. The molecule has 2 unspecified atom stereocenters. The Balaban J connectivity index is 2.29. The van der Waals surface area contributed by atoms with Gasteiger partial charge in [-0.2, -0.15) is 0 Å². The Hall–Kier alpha value is -0.610. The van der Waals surface area contributed by atoms with Crippen LogP contribution in [-0.4, -0.2) is 44.2 Å². The second-order valence-electron chi connectivity index (χ2n) is 4.39. The third-order valence-corrected chi connectivity index (χ3v) is 3.36. The Morgan fingerprint density at radius 1 is 1.60 bits per heavy atom. The molecule has 1 fully saturated rings. The van der Waals surface area contributed by atoms with Gasteiger partial charge in [0.15, 0.2) is 0 Å². The van der Waals surface area contributed by atoms with Crippen molar-refractivity contribution in [2.24, 2.45) is 17.6 Å². The summed E-state index contributed by atoms with van der Waals surface area (Å²) in [6.45, 7) is 5.91. The molecule has 4 heteroatoms. The lowest BCUT2D eigenvalue weighted by atomic mass is 9.87. The van der Waals surface area contributed by atoms with E-state index in [9.17, 15) is 4.79 Å². The van der Waals surface area contributed by atoms with Crippen molar-refractivity contribution in [3.8, 4) is 0 Å². The highest BCUT2D eigenvalue weighted by molar-refractivity contribution is 5.69. The van der Waals surface area contributed by atoms with E-state index in [4.69, 9.17) is 5.73 Å². The average molecular weight is 214 g/mol. The van der Waals surface area contributed by atoms with Gasteiger partial charge in [-0.3, -0.25) is 4.79 Å². The van der Waals surface area contributed by atoms with Crippen LogP contribution in [0, 0.1) is 11.8 Å². The lowest BCUT2D eigenvalue weighted by Crippen LogP contribution is -2.43. The van der Waals surface area contributed by atoms with Crippen molar-refractivity contribution in [2.45, 2.75) is 19.8 Å². The second-order valence-corrected chi connectivity index (χ2v) is 4.39. The average Bonchev–Trinajstić information content (AvgIpc) is 2.27. The number of likely N-dealkylation sites (tertiary alicyclic amines) is 1. The number of hydrogen-bond acceptors (Lipinski definition) is 4. The van der Waals surface area contributed by atoms with Crippen LogP contribution in [0.3, 0.4) is 0 Å². The van der Waals surface area contributed by atoms with E-state index in [-0.39, 0.29) is 5.97 Å². The van der Waals surface area contributed by atoms with Crippen LogP contribution in [-0.2, 0) is 9.53 Å². The summed E-state index contributed by atoms with van der Waals surface area (Å²) in [6.07, 6.45) is 1.67. The number of carbonyl (C=O) groups excluding carboxylic acids is 1. The highest BCUT2D eigenvalue weighted by atomic mass is 16.5. The zero-order valence-corrected chi connectivity index (χ0v) is 9.74. The van der Waals surface area contributed by atoms with Crippen LogP contribution >= 0.6 is 0 Å². The van der Waals surface area contributed by atoms with Crippen LogP contribution in [0.4, 0.5) is 0 Å². The van der Waals surface area contributed by atoms with E-state index in [1.54, 1.807) is 0 Å². The molecule has 0 aliphatic carbocycles. The summed E-state index contributed by atoms with van der Waals surface area (Å²) in [7, 11) is 1.43. The van der Waals surface area contributed by atoms with Crippen LogP contribution < -0.4 is 5.73 Å². The highest BCUT2D eigenvalue weighted by Crippen LogP contribution is 2.22. The number of ether oxygens (including phenoxy) is 1. The molecule has 0 bridgehead atoms. The van der Waals surface area contributed by atoms with Crippen molar-refractivity contribution in [3.05, 3.63) is 0 Å². The highest BCUT2D eigenvalue weighted by Gasteiger charge is 2.24. The minimum Gasteiger partial charge on any atom is -0.469 e. The zero-order chi connectivity index (χ0) is 11.3. The standard InChI is InChI=1S/C11H22N2O2/c1-9-3-5-13(8-10(9)7-12)6-4-11(14)15-2/h9-10H,3-8,12H2,1-2H3.